The number of hydrogen-bond donors (Lipinski definition) is 0. The van der Waals surface area contributed by atoms with Gasteiger partial charge in [-0.3, -0.25) is 0 Å². The van der Waals surface area contributed by atoms with Gasteiger partial charge in [-0.1, -0.05) is 40.5 Å². The second-order valence-corrected chi connectivity index (χ2v) is 4.90. The van der Waals surface area contributed by atoms with Crippen molar-refractivity contribution in [3.8, 4) is 16.9 Å². The zero-order chi connectivity index (χ0) is 13.2. The van der Waals surface area contributed by atoms with Gasteiger partial charge in [0, 0.05) is 15.6 Å². The van der Waals surface area contributed by atoms with Gasteiger partial charge in [-0.05, 0) is 36.4 Å². The molecule has 0 saturated heterocycles. The first-order valence-corrected chi connectivity index (χ1v) is 6.42. The Hall–Kier alpha value is -1.84. The van der Waals surface area contributed by atoms with E-state index < -0.39 is 0 Å². The van der Waals surface area contributed by atoms with Crippen LogP contribution in [-0.4, -0.2) is 15.0 Å². The minimum atomic E-state index is 0.696. The monoisotopic (exact) mass is 289 g/mol. The molecule has 0 amide bonds. The van der Waals surface area contributed by atoms with Gasteiger partial charge in [-0.25, -0.2) is 4.68 Å². The molecule has 0 saturated carbocycles. The molecule has 94 valence electrons. The molecule has 0 N–H and O–H groups in total. The Bertz CT molecular complexity index is 627. The first-order valence-electron chi connectivity index (χ1n) is 5.66. The number of rotatable bonds is 2. The highest BCUT2D eigenvalue weighted by molar-refractivity contribution is 6.30. The van der Waals surface area contributed by atoms with E-state index in [9.17, 15) is 0 Å². The maximum Gasteiger partial charge on any atom is 0.113 e. The SMILES string of the molecule is Clc1ccc(-c2cn(-c3ccc(Cl)cc3)nn2)cc1. The van der Waals surface area contributed by atoms with E-state index in [2.05, 4.69) is 10.3 Å². The summed E-state index contributed by atoms with van der Waals surface area (Å²) < 4.78 is 1.71. The van der Waals surface area contributed by atoms with Crippen molar-refractivity contribution < 1.29 is 0 Å². The molecule has 1 heterocycles. The van der Waals surface area contributed by atoms with Crippen molar-refractivity contribution in [3.05, 3.63) is 64.8 Å². The number of benzene rings is 2. The molecule has 0 bridgehead atoms. The average molecular weight is 290 g/mol. The third kappa shape index (κ3) is 2.62. The summed E-state index contributed by atoms with van der Waals surface area (Å²) >= 11 is 11.7. The van der Waals surface area contributed by atoms with Gasteiger partial charge in [0.05, 0.1) is 11.9 Å². The lowest BCUT2D eigenvalue weighted by molar-refractivity contribution is 0.804. The lowest BCUT2D eigenvalue weighted by Crippen LogP contribution is -1.93. The predicted molar refractivity (Wildman–Crippen MR) is 76.8 cm³/mol. The molecular formula is C14H9Cl2N3. The van der Waals surface area contributed by atoms with Gasteiger partial charge >= 0.3 is 0 Å². The van der Waals surface area contributed by atoms with Crippen LogP contribution >= 0.6 is 23.2 Å². The van der Waals surface area contributed by atoms with Crippen molar-refractivity contribution in [1.29, 1.82) is 0 Å². The average Bonchev–Trinajstić information content (AvgIpc) is 2.90. The van der Waals surface area contributed by atoms with E-state index in [0.717, 1.165) is 16.9 Å². The van der Waals surface area contributed by atoms with E-state index in [4.69, 9.17) is 23.2 Å². The topological polar surface area (TPSA) is 30.7 Å². The van der Waals surface area contributed by atoms with Gasteiger partial charge < -0.3 is 0 Å². The fraction of sp³-hybridized carbons (Fsp3) is 0. The smallest absolute Gasteiger partial charge is 0.113 e. The van der Waals surface area contributed by atoms with Gasteiger partial charge in [0.2, 0.25) is 0 Å². The molecule has 1 aromatic heterocycles. The fourth-order valence-corrected chi connectivity index (χ4v) is 1.99. The maximum atomic E-state index is 5.86. The first-order chi connectivity index (χ1) is 9.22. The largest absolute Gasteiger partial charge is 0.220 e. The van der Waals surface area contributed by atoms with E-state index in [1.54, 1.807) is 4.68 Å². The van der Waals surface area contributed by atoms with Gasteiger partial charge in [0.25, 0.3) is 0 Å². The molecule has 0 spiro atoms. The normalized spacial score (nSPS) is 10.6. The van der Waals surface area contributed by atoms with Crippen LogP contribution in [0, 0.1) is 0 Å². The maximum absolute atomic E-state index is 5.86. The summed E-state index contributed by atoms with van der Waals surface area (Å²) in [5.41, 5.74) is 2.69. The predicted octanol–water partition coefficient (Wildman–Crippen LogP) is 4.24. The summed E-state index contributed by atoms with van der Waals surface area (Å²) in [5.74, 6) is 0. The number of hydrogen-bond acceptors (Lipinski definition) is 2. The van der Waals surface area contributed by atoms with Crippen LogP contribution in [0.15, 0.2) is 54.7 Å². The number of aromatic nitrogens is 3. The molecule has 0 unspecified atom stereocenters. The quantitative estimate of drug-likeness (QED) is 0.706. The van der Waals surface area contributed by atoms with Crippen molar-refractivity contribution in [2.24, 2.45) is 0 Å². The zero-order valence-electron chi connectivity index (χ0n) is 9.79. The summed E-state index contributed by atoms with van der Waals surface area (Å²) in [6, 6.07) is 14.9. The summed E-state index contributed by atoms with van der Waals surface area (Å²) in [7, 11) is 0. The second-order valence-electron chi connectivity index (χ2n) is 4.03. The molecule has 2 aromatic carbocycles. The van der Waals surface area contributed by atoms with Crippen LogP contribution in [0.4, 0.5) is 0 Å². The van der Waals surface area contributed by atoms with E-state index in [1.807, 2.05) is 54.7 Å². The Morgan fingerprint density at radius 2 is 1.37 bits per heavy atom. The van der Waals surface area contributed by atoms with Gasteiger partial charge in [0.1, 0.15) is 5.69 Å². The summed E-state index contributed by atoms with van der Waals surface area (Å²) in [5, 5.41) is 9.66. The Balaban J connectivity index is 1.95. The van der Waals surface area contributed by atoms with Crippen molar-refractivity contribution in [1.82, 2.24) is 15.0 Å². The molecule has 3 nitrogen and oxygen atoms in total. The highest BCUT2D eigenvalue weighted by Gasteiger charge is 2.05. The molecule has 0 aliphatic carbocycles. The standard InChI is InChI=1S/C14H9Cl2N3/c15-11-3-1-10(2-4-11)14-9-19(18-17-14)13-7-5-12(16)6-8-13/h1-9H. The highest BCUT2D eigenvalue weighted by atomic mass is 35.5. The molecule has 0 aliphatic rings. The van der Waals surface area contributed by atoms with Crippen LogP contribution < -0.4 is 0 Å². The van der Waals surface area contributed by atoms with Gasteiger partial charge in [0.15, 0.2) is 0 Å². The summed E-state index contributed by atoms with van der Waals surface area (Å²) in [6.07, 6.45) is 1.87. The van der Waals surface area contributed by atoms with Crippen LogP contribution in [0.2, 0.25) is 10.0 Å². The van der Waals surface area contributed by atoms with E-state index in [1.165, 1.54) is 0 Å². The third-order valence-corrected chi connectivity index (χ3v) is 3.23. The Morgan fingerprint density at radius 1 is 0.789 bits per heavy atom. The minimum absolute atomic E-state index is 0.696. The second kappa shape index (κ2) is 5.03. The Morgan fingerprint density at radius 3 is 2.00 bits per heavy atom. The molecular weight excluding hydrogens is 281 g/mol. The van der Waals surface area contributed by atoms with Crippen LogP contribution in [0.1, 0.15) is 0 Å². The minimum Gasteiger partial charge on any atom is -0.220 e. The van der Waals surface area contributed by atoms with Crippen LogP contribution in [0.25, 0.3) is 16.9 Å². The van der Waals surface area contributed by atoms with Crippen molar-refractivity contribution in [3.63, 3.8) is 0 Å². The molecule has 0 fully saturated rings. The first kappa shape index (κ1) is 12.2. The van der Waals surface area contributed by atoms with Crippen LogP contribution in [0.5, 0.6) is 0 Å². The van der Waals surface area contributed by atoms with E-state index in [-0.39, 0.29) is 0 Å². The lowest BCUT2D eigenvalue weighted by atomic mass is 10.2. The Kier molecular flexibility index (Phi) is 3.23. The summed E-state index contributed by atoms with van der Waals surface area (Å²) in [4.78, 5) is 0. The van der Waals surface area contributed by atoms with Crippen LogP contribution in [0.3, 0.4) is 0 Å². The van der Waals surface area contributed by atoms with Crippen molar-refractivity contribution in [2.45, 2.75) is 0 Å². The number of halogens is 2. The van der Waals surface area contributed by atoms with Crippen molar-refractivity contribution >= 4 is 23.2 Å². The molecule has 3 rings (SSSR count). The van der Waals surface area contributed by atoms with Gasteiger partial charge in [-0.2, -0.15) is 0 Å². The zero-order valence-corrected chi connectivity index (χ0v) is 11.3. The lowest BCUT2D eigenvalue weighted by Gasteiger charge is -1.99. The molecule has 0 aliphatic heterocycles. The van der Waals surface area contributed by atoms with Crippen molar-refractivity contribution in [2.75, 3.05) is 0 Å². The molecule has 0 atom stereocenters. The highest BCUT2D eigenvalue weighted by Crippen LogP contribution is 2.20. The molecule has 5 heteroatoms. The summed E-state index contributed by atoms with van der Waals surface area (Å²) in [6.45, 7) is 0. The van der Waals surface area contributed by atoms with E-state index in [0.29, 0.717) is 10.0 Å². The van der Waals surface area contributed by atoms with E-state index >= 15 is 0 Å². The van der Waals surface area contributed by atoms with Gasteiger partial charge in [-0.15, -0.1) is 5.10 Å². The Labute approximate surface area is 120 Å². The van der Waals surface area contributed by atoms with Crippen LogP contribution in [-0.2, 0) is 0 Å². The molecule has 19 heavy (non-hydrogen) atoms. The third-order valence-electron chi connectivity index (χ3n) is 2.72. The number of nitrogens with zero attached hydrogens (tertiary/aromatic N) is 3. The molecule has 3 aromatic rings. The fourth-order valence-electron chi connectivity index (χ4n) is 1.74. The molecule has 0 radical (unpaired) electrons.